The third-order valence-corrected chi connectivity index (χ3v) is 5.14. The monoisotopic (exact) mass is 465 g/mol. The van der Waals surface area contributed by atoms with Crippen LogP contribution in [0.2, 0.25) is 5.02 Å². The third-order valence-electron chi connectivity index (χ3n) is 4.92. The molecule has 0 unspecified atom stereocenters. The predicted octanol–water partition coefficient (Wildman–Crippen LogP) is 5.32. The number of aromatic nitrogens is 1. The molecule has 0 atom stereocenters. The van der Waals surface area contributed by atoms with Gasteiger partial charge >= 0.3 is 5.97 Å². The maximum atomic E-state index is 13.0. The maximum absolute atomic E-state index is 13.0. The molecule has 2 aromatic carbocycles. The van der Waals surface area contributed by atoms with Crippen LogP contribution in [0.3, 0.4) is 0 Å². The van der Waals surface area contributed by atoms with Crippen molar-refractivity contribution >= 4 is 40.9 Å². The standard InChI is InChI=1S/C25H24ClN3O4/c1-25(2,3)17-8-5-15(6-9-17)22(30)28-20-11-7-16(24(32)33-4)13-19(20)23(31)29-21-12-10-18(26)14-27-21/h5-14H,1-4H3,(H,28,30)(H,27,29,31). The number of ether oxygens (including phenoxy) is 1. The summed E-state index contributed by atoms with van der Waals surface area (Å²) in [5, 5.41) is 5.81. The van der Waals surface area contributed by atoms with Gasteiger partial charge in [-0.05, 0) is 53.4 Å². The number of methoxy groups -OCH3 is 1. The van der Waals surface area contributed by atoms with E-state index in [1.54, 1.807) is 24.3 Å². The molecule has 0 spiro atoms. The molecule has 1 heterocycles. The number of hydrogen-bond acceptors (Lipinski definition) is 5. The molecule has 0 bridgehead atoms. The lowest BCUT2D eigenvalue weighted by molar-refractivity contribution is 0.0600. The van der Waals surface area contributed by atoms with Gasteiger partial charge in [-0.1, -0.05) is 44.5 Å². The van der Waals surface area contributed by atoms with E-state index in [4.69, 9.17) is 16.3 Å². The Balaban J connectivity index is 1.90. The molecule has 2 amide bonds. The molecule has 8 heteroatoms. The van der Waals surface area contributed by atoms with Gasteiger partial charge in [-0.25, -0.2) is 9.78 Å². The number of carbonyl (C=O) groups is 3. The summed E-state index contributed by atoms with van der Waals surface area (Å²) in [5.74, 6) is -1.29. The van der Waals surface area contributed by atoms with Gasteiger partial charge < -0.3 is 15.4 Å². The van der Waals surface area contributed by atoms with E-state index < -0.39 is 11.9 Å². The first-order chi connectivity index (χ1) is 15.6. The highest BCUT2D eigenvalue weighted by molar-refractivity contribution is 6.30. The van der Waals surface area contributed by atoms with E-state index in [0.717, 1.165) is 5.56 Å². The first-order valence-electron chi connectivity index (χ1n) is 10.2. The number of amides is 2. The van der Waals surface area contributed by atoms with E-state index in [0.29, 0.717) is 10.6 Å². The topological polar surface area (TPSA) is 97.4 Å². The molecule has 170 valence electrons. The molecule has 0 radical (unpaired) electrons. The minimum Gasteiger partial charge on any atom is -0.465 e. The van der Waals surface area contributed by atoms with E-state index in [-0.39, 0.29) is 34.0 Å². The van der Waals surface area contributed by atoms with Crippen LogP contribution in [0, 0.1) is 0 Å². The number of pyridine rings is 1. The number of nitrogens with zero attached hydrogens (tertiary/aromatic N) is 1. The summed E-state index contributed by atoms with van der Waals surface area (Å²) in [4.78, 5) is 41.9. The van der Waals surface area contributed by atoms with Crippen molar-refractivity contribution in [2.24, 2.45) is 0 Å². The van der Waals surface area contributed by atoms with Crippen LogP contribution in [-0.4, -0.2) is 29.9 Å². The zero-order valence-corrected chi connectivity index (χ0v) is 19.5. The Bertz CT molecular complexity index is 1180. The van der Waals surface area contributed by atoms with E-state index in [1.807, 2.05) is 12.1 Å². The van der Waals surface area contributed by atoms with E-state index >= 15 is 0 Å². The molecule has 0 aliphatic rings. The van der Waals surface area contributed by atoms with Crippen LogP contribution in [0.15, 0.2) is 60.8 Å². The Morgan fingerprint density at radius 2 is 1.55 bits per heavy atom. The Labute approximate surface area is 197 Å². The van der Waals surface area contributed by atoms with Crippen molar-refractivity contribution in [3.8, 4) is 0 Å². The van der Waals surface area contributed by atoms with Gasteiger partial charge in [0.1, 0.15) is 5.82 Å². The molecule has 1 aromatic heterocycles. The smallest absolute Gasteiger partial charge is 0.337 e. The lowest BCUT2D eigenvalue weighted by Gasteiger charge is -2.19. The fourth-order valence-corrected chi connectivity index (χ4v) is 3.15. The van der Waals surface area contributed by atoms with Gasteiger partial charge in [-0.15, -0.1) is 0 Å². The summed E-state index contributed by atoms with van der Waals surface area (Å²) in [6.45, 7) is 6.27. The van der Waals surface area contributed by atoms with Crippen LogP contribution in [0.25, 0.3) is 0 Å². The molecule has 3 aromatic rings. The molecule has 0 saturated carbocycles. The van der Waals surface area contributed by atoms with Crippen LogP contribution in [0.4, 0.5) is 11.5 Å². The fourth-order valence-electron chi connectivity index (χ4n) is 3.04. The Hall–Kier alpha value is -3.71. The Kier molecular flexibility index (Phi) is 7.13. The minimum absolute atomic E-state index is 0.0420. The molecule has 0 fully saturated rings. The first-order valence-corrected chi connectivity index (χ1v) is 10.5. The van der Waals surface area contributed by atoms with Crippen molar-refractivity contribution in [2.45, 2.75) is 26.2 Å². The van der Waals surface area contributed by atoms with Gasteiger partial charge in [0.2, 0.25) is 0 Å². The van der Waals surface area contributed by atoms with Crippen LogP contribution in [-0.2, 0) is 10.2 Å². The fraction of sp³-hybridized carbons (Fsp3) is 0.200. The molecule has 0 aliphatic heterocycles. The second-order valence-electron chi connectivity index (χ2n) is 8.35. The van der Waals surface area contributed by atoms with Crippen LogP contribution in [0.1, 0.15) is 57.4 Å². The Morgan fingerprint density at radius 1 is 0.879 bits per heavy atom. The average molecular weight is 466 g/mol. The quantitative estimate of drug-likeness (QED) is 0.497. The highest BCUT2D eigenvalue weighted by atomic mass is 35.5. The van der Waals surface area contributed by atoms with Crippen LogP contribution >= 0.6 is 11.6 Å². The maximum Gasteiger partial charge on any atom is 0.337 e. The number of halogens is 1. The highest BCUT2D eigenvalue weighted by Crippen LogP contribution is 2.24. The van der Waals surface area contributed by atoms with Crippen molar-refractivity contribution in [3.63, 3.8) is 0 Å². The number of carbonyl (C=O) groups excluding carboxylic acids is 3. The molecular formula is C25H24ClN3O4. The third kappa shape index (κ3) is 5.96. The highest BCUT2D eigenvalue weighted by Gasteiger charge is 2.19. The van der Waals surface area contributed by atoms with E-state index in [2.05, 4.69) is 36.4 Å². The number of hydrogen-bond donors (Lipinski definition) is 2. The summed E-state index contributed by atoms with van der Waals surface area (Å²) in [5.41, 5.74) is 1.97. The van der Waals surface area contributed by atoms with Gasteiger partial charge in [0, 0.05) is 11.8 Å². The second kappa shape index (κ2) is 9.83. The average Bonchev–Trinajstić information content (AvgIpc) is 2.79. The molecule has 7 nitrogen and oxygen atoms in total. The van der Waals surface area contributed by atoms with Crippen molar-refractivity contribution < 1.29 is 19.1 Å². The second-order valence-corrected chi connectivity index (χ2v) is 8.79. The summed E-state index contributed by atoms with van der Waals surface area (Å²) in [6, 6.07) is 14.7. The molecule has 0 aliphatic carbocycles. The number of benzene rings is 2. The van der Waals surface area contributed by atoms with Crippen LogP contribution in [0.5, 0.6) is 0 Å². The largest absolute Gasteiger partial charge is 0.465 e. The molecule has 33 heavy (non-hydrogen) atoms. The Morgan fingerprint density at radius 3 is 2.12 bits per heavy atom. The molecule has 0 saturated heterocycles. The van der Waals surface area contributed by atoms with Crippen molar-refractivity contribution in [3.05, 3.63) is 88.1 Å². The lowest BCUT2D eigenvalue weighted by Crippen LogP contribution is -2.20. The summed E-state index contributed by atoms with van der Waals surface area (Å²) >= 11 is 5.84. The zero-order valence-electron chi connectivity index (χ0n) is 18.7. The lowest BCUT2D eigenvalue weighted by atomic mass is 9.86. The van der Waals surface area contributed by atoms with Crippen molar-refractivity contribution in [1.29, 1.82) is 0 Å². The van der Waals surface area contributed by atoms with E-state index in [9.17, 15) is 14.4 Å². The van der Waals surface area contributed by atoms with Crippen LogP contribution < -0.4 is 10.6 Å². The van der Waals surface area contributed by atoms with Gasteiger partial charge in [0.05, 0.1) is 28.9 Å². The van der Waals surface area contributed by atoms with Crippen molar-refractivity contribution in [2.75, 3.05) is 17.7 Å². The minimum atomic E-state index is -0.607. The summed E-state index contributed by atoms with van der Waals surface area (Å²) < 4.78 is 4.75. The zero-order chi connectivity index (χ0) is 24.2. The van der Waals surface area contributed by atoms with Gasteiger partial charge in [0.15, 0.2) is 0 Å². The first kappa shape index (κ1) is 23.9. The predicted molar refractivity (Wildman–Crippen MR) is 128 cm³/mol. The molecule has 3 rings (SSSR count). The summed E-state index contributed by atoms with van der Waals surface area (Å²) in [6.07, 6.45) is 1.39. The van der Waals surface area contributed by atoms with Gasteiger partial charge in [-0.2, -0.15) is 0 Å². The number of esters is 1. The number of anilines is 2. The SMILES string of the molecule is COC(=O)c1ccc(NC(=O)c2ccc(C(C)(C)C)cc2)c(C(=O)Nc2ccc(Cl)cn2)c1. The van der Waals surface area contributed by atoms with Gasteiger partial charge in [0.25, 0.3) is 11.8 Å². The molecule has 2 N–H and O–H groups in total. The molecular weight excluding hydrogens is 442 g/mol. The summed E-state index contributed by atoms with van der Waals surface area (Å²) in [7, 11) is 1.25. The number of rotatable bonds is 5. The van der Waals surface area contributed by atoms with Crippen molar-refractivity contribution in [1.82, 2.24) is 4.98 Å². The van der Waals surface area contributed by atoms with Gasteiger partial charge in [-0.3, -0.25) is 9.59 Å². The van der Waals surface area contributed by atoms with E-state index in [1.165, 1.54) is 31.5 Å². The normalized spacial score (nSPS) is 10.9. The number of nitrogens with one attached hydrogen (secondary N) is 2.